The zero-order valence-corrected chi connectivity index (χ0v) is 7.24. The molecule has 0 N–H and O–H groups in total. The highest BCUT2D eigenvalue weighted by Gasteiger charge is 2.04. The topological polar surface area (TPSA) is 25.8 Å². The van der Waals surface area contributed by atoms with Gasteiger partial charge in [0, 0.05) is 0 Å². The number of hydrogen-bond acceptors (Lipinski definition) is 2. The van der Waals surface area contributed by atoms with Crippen LogP contribution in [0.4, 0.5) is 4.39 Å². The predicted octanol–water partition coefficient (Wildman–Crippen LogP) is 2.00. The van der Waals surface area contributed by atoms with Gasteiger partial charge in [-0.1, -0.05) is 0 Å². The Morgan fingerprint density at radius 1 is 1.30 bits per heavy atom. The first-order chi connectivity index (χ1) is 4.61. The summed E-state index contributed by atoms with van der Waals surface area (Å²) in [6, 6.07) is 0. The van der Waals surface area contributed by atoms with Crippen LogP contribution in [0.1, 0.15) is 11.5 Å². The molecule has 1 aromatic rings. The van der Waals surface area contributed by atoms with Gasteiger partial charge in [-0.25, -0.2) is 14.4 Å². The molecule has 2 nitrogen and oxygen atoms in total. The molecule has 1 heterocycles. The summed E-state index contributed by atoms with van der Waals surface area (Å²) in [5.41, 5.74) is 0.374. The lowest BCUT2D eigenvalue weighted by Gasteiger charge is -1.97. The maximum absolute atomic E-state index is 12.7. The van der Waals surface area contributed by atoms with Crippen LogP contribution in [0.3, 0.4) is 0 Å². The van der Waals surface area contributed by atoms with Gasteiger partial charge in [-0.3, -0.25) is 0 Å². The predicted molar refractivity (Wildman–Crippen MR) is 39.2 cm³/mol. The van der Waals surface area contributed by atoms with E-state index >= 15 is 0 Å². The van der Waals surface area contributed by atoms with Gasteiger partial charge >= 0.3 is 0 Å². The Morgan fingerprint density at radius 3 is 2.40 bits per heavy atom. The number of halogens is 2. The number of aromatic nitrogens is 2. The van der Waals surface area contributed by atoms with E-state index in [1.165, 1.54) is 0 Å². The highest BCUT2D eigenvalue weighted by Crippen LogP contribution is 2.13. The summed E-state index contributed by atoms with van der Waals surface area (Å²) in [6.45, 7) is 3.33. The van der Waals surface area contributed by atoms with Crippen molar-refractivity contribution >= 4 is 15.9 Å². The van der Waals surface area contributed by atoms with Gasteiger partial charge < -0.3 is 0 Å². The van der Waals surface area contributed by atoms with Crippen molar-refractivity contribution in [2.45, 2.75) is 13.8 Å². The normalized spacial score (nSPS) is 10.0. The fraction of sp³-hybridized carbons (Fsp3) is 0.333. The Hall–Kier alpha value is -0.510. The highest BCUT2D eigenvalue weighted by atomic mass is 79.9. The monoisotopic (exact) mass is 204 g/mol. The molecule has 0 atom stereocenters. The molecule has 0 aliphatic carbocycles. The lowest BCUT2D eigenvalue weighted by atomic mass is 10.4. The fourth-order valence-corrected chi connectivity index (χ4v) is 1.20. The summed E-state index contributed by atoms with van der Waals surface area (Å²) in [6.07, 6.45) is 0. The molecule has 0 amide bonds. The van der Waals surface area contributed by atoms with E-state index in [1.54, 1.807) is 13.8 Å². The molecule has 4 heteroatoms. The van der Waals surface area contributed by atoms with Gasteiger partial charge in [-0.05, 0) is 29.8 Å². The van der Waals surface area contributed by atoms with Crippen molar-refractivity contribution in [3.63, 3.8) is 0 Å². The lowest BCUT2D eigenvalue weighted by molar-refractivity contribution is 0.589. The van der Waals surface area contributed by atoms with Crippen molar-refractivity contribution in [2.75, 3.05) is 0 Å². The minimum atomic E-state index is -0.384. The van der Waals surface area contributed by atoms with E-state index in [0.717, 1.165) is 0 Å². The Morgan fingerprint density at radius 2 is 1.90 bits per heavy atom. The van der Waals surface area contributed by atoms with E-state index in [1.807, 2.05) is 0 Å². The second-order valence-electron chi connectivity index (χ2n) is 1.96. The van der Waals surface area contributed by atoms with Crippen molar-refractivity contribution < 1.29 is 4.39 Å². The molecular formula is C6H6BrFN2. The van der Waals surface area contributed by atoms with E-state index in [2.05, 4.69) is 25.9 Å². The molecule has 0 aliphatic rings. The number of aryl methyl sites for hydroxylation is 2. The Labute approximate surface area is 66.6 Å². The quantitative estimate of drug-likeness (QED) is 0.605. The smallest absolute Gasteiger partial charge is 0.177 e. The second-order valence-corrected chi connectivity index (χ2v) is 2.71. The summed E-state index contributed by atoms with van der Waals surface area (Å²) < 4.78 is 13.0. The maximum atomic E-state index is 12.7. The molecule has 0 saturated carbocycles. The van der Waals surface area contributed by atoms with Crippen LogP contribution in [-0.2, 0) is 0 Å². The molecule has 0 spiro atoms. The molecule has 1 rings (SSSR count). The zero-order valence-electron chi connectivity index (χ0n) is 5.65. The van der Waals surface area contributed by atoms with E-state index < -0.39 is 0 Å². The van der Waals surface area contributed by atoms with E-state index in [-0.39, 0.29) is 10.4 Å². The first kappa shape index (κ1) is 7.60. The van der Waals surface area contributed by atoms with Crippen molar-refractivity contribution in [3.8, 4) is 0 Å². The third-order valence-electron chi connectivity index (χ3n) is 1.09. The third kappa shape index (κ3) is 1.31. The molecule has 0 aliphatic heterocycles. The standard InChI is InChI=1S/C6H6BrFN2/c1-3-5(8)6(7)10-4(2)9-3/h1-2H3. The molecule has 0 bridgehead atoms. The summed E-state index contributed by atoms with van der Waals surface area (Å²) in [5, 5.41) is 0. The molecule has 10 heavy (non-hydrogen) atoms. The Balaban J connectivity index is 3.31. The Bertz CT molecular complexity index is 239. The molecule has 0 radical (unpaired) electrons. The molecule has 54 valence electrons. The minimum absolute atomic E-state index is 0.234. The second kappa shape index (κ2) is 2.62. The van der Waals surface area contributed by atoms with E-state index in [0.29, 0.717) is 11.5 Å². The summed E-state index contributed by atoms with van der Waals surface area (Å²) in [7, 11) is 0. The molecule has 0 unspecified atom stereocenters. The van der Waals surface area contributed by atoms with Gasteiger partial charge in [0.05, 0.1) is 5.69 Å². The summed E-state index contributed by atoms with van der Waals surface area (Å²) in [4.78, 5) is 7.58. The fourth-order valence-electron chi connectivity index (χ4n) is 0.657. The number of rotatable bonds is 0. The van der Waals surface area contributed by atoms with Crippen LogP contribution in [0, 0.1) is 19.7 Å². The number of nitrogens with zero attached hydrogens (tertiary/aromatic N) is 2. The van der Waals surface area contributed by atoms with Gasteiger partial charge in [0.1, 0.15) is 10.4 Å². The largest absolute Gasteiger partial charge is 0.235 e. The van der Waals surface area contributed by atoms with Crippen molar-refractivity contribution in [3.05, 3.63) is 21.9 Å². The van der Waals surface area contributed by atoms with E-state index in [9.17, 15) is 4.39 Å². The van der Waals surface area contributed by atoms with Crippen LogP contribution in [0.15, 0.2) is 4.60 Å². The van der Waals surface area contributed by atoms with Gasteiger partial charge in [0.2, 0.25) is 0 Å². The maximum Gasteiger partial charge on any atom is 0.177 e. The van der Waals surface area contributed by atoms with Crippen LogP contribution in [-0.4, -0.2) is 9.97 Å². The Kier molecular flexibility index (Phi) is 1.99. The number of hydrogen-bond donors (Lipinski definition) is 0. The van der Waals surface area contributed by atoms with Crippen LogP contribution in [0.25, 0.3) is 0 Å². The van der Waals surface area contributed by atoms with Crippen LogP contribution < -0.4 is 0 Å². The summed E-state index contributed by atoms with van der Waals surface area (Å²) >= 11 is 2.97. The van der Waals surface area contributed by atoms with Gasteiger partial charge in [0.25, 0.3) is 0 Å². The van der Waals surface area contributed by atoms with Crippen molar-refractivity contribution in [2.24, 2.45) is 0 Å². The molecule has 1 aromatic heterocycles. The van der Waals surface area contributed by atoms with E-state index in [4.69, 9.17) is 0 Å². The highest BCUT2D eigenvalue weighted by molar-refractivity contribution is 9.10. The molecule has 0 fully saturated rings. The molecule has 0 aromatic carbocycles. The molecular weight excluding hydrogens is 199 g/mol. The zero-order chi connectivity index (χ0) is 7.72. The van der Waals surface area contributed by atoms with Gasteiger partial charge in [-0.2, -0.15) is 0 Å². The average Bonchev–Trinajstić information content (AvgIpc) is 1.82. The van der Waals surface area contributed by atoms with Crippen LogP contribution in [0.5, 0.6) is 0 Å². The average molecular weight is 205 g/mol. The first-order valence-electron chi connectivity index (χ1n) is 2.77. The SMILES string of the molecule is Cc1nc(C)c(F)c(Br)n1. The first-order valence-corrected chi connectivity index (χ1v) is 3.57. The summed E-state index contributed by atoms with van der Waals surface area (Å²) in [5.74, 6) is 0.191. The van der Waals surface area contributed by atoms with Crippen molar-refractivity contribution in [1.82, 2.24) is 9.97 Å². The van der Waals surface area contributed by atoms with Crippen LogP contribution >= 0.6 is 15.9 Å². The van der Waals surface area contributed by atoms with Gasteiger partial charge in [0.15, 0.2) is 5.82 Å². The lowest BCUT2D eigenvalue weighted by Crippen LogP contribution is -1.96. The van der Waals surface area contributed by atoms with Gasteiger partial charge in [-0.15, -0.1) is 0 Å². The minimum Gasteiger partial charge on any atom is -0.235 e. The van der Waals surface area contributed by atoms with Crippen molar-refractivity contribution in [1.29, 1.82) is 0 Å². The van der Waals surface area contributed by atoms with Crippen LogP contribution in [0.2, 0.25) is 0 Å². The third-order valence-corrected chi connectivity index (χ3v) is 1.61. The molecule has 0 saturated heterocycles.